The quantitative estimate of drug-likeness (QED) is 0.163. The number of nitrogens with zero attached hydrogens (tertiary/aromatic N) is 1. The second kappa shape index (κ2) is 18.7. The van der Waals surface area contributed by atoms with E-state index >= 15 is 0 Å². The third-order valence-corrected chi connectivity index (χ3v) is 7.51. The summed E-state index contributed by atoms with van der Waals surface area (Å²) in [7, 11) is 1.72. The van der Waals surface area contributed by atoms with Crippen LogP contribution in [0.3, 0.4) is 0 Å². The molecule has 4 N–H and O–H groups in total. The van der Waals surface area contributed by atoms with Crippen molar-refractivity contribution in [1.29, 1.82) is 0 Å². The van der Waals surface area contributed by atoms with E-state index in [9.17, 15) is 14.4 Å². The van der Waals surface area contributed by atoms with Crippen LogP contribution in [0.15, 0.2) is 54.1 Å². The molecule has 0 atom stereocenters. The highest BCUT2D eigenvalue weighted by atomic mass is 16.5. The summed E-state index contributed by atoms with van der Waals surface area (Å²) >= 11 is 0. The molecule has 0 amide bonds. The van der Waals surface area contributed by atoms with Gasteiger partial charge >= 0.3 is 17.9 Å². The van der Waals surface area contributed by atoms with Crippen LogP contribution in [-0.4, -0.2) is 82.2 Å². The summed E-state index contributed by atoms with van der Waals surface area (Å²) in [6.07, 6.45) is 6.63. The highest BCUT2D eigenvalue weighted by molar-refractivity contribution is 5.88. The minimum absolute atomic E-state index is 0.761. The summed E-state index contributed by atoms with van der Waals surface area (Å²) in [5.74, 6) is -3.17. The first-order valence-electron chi connectivity index (χ1n) is 15.2. The molecule has 242 valence electrons. The zero-order valence-electron chi connectivity index (χ0n) is 26.1. The molecular formula is C34H47NO9. The number of benzene rings is 2. The van der Waals surface area contributed by atoms with Gasteiger partial charge in [-0.05, 0) is 86.7 Å². The van der Waals surface area contributed by atoms with Gasteiger partial charge < -0.3 is 29.9 Å². The number of rotatable bonds is 17. The van der Waals surface area contributed by atoms with Crippen molar-refractivity contribution in [2.75, 3.05) is 33.4 Å². The lowest BCUT2D eigenvalue weighted by Gasteiger charge is -2.18. The van der Waals surface area contributed by atoms with Gasteiger partial charge in [-0.3, -0.25) is 14.5 Å². The number of hydrogen-bond donors (Lipinski definition) is 4. The Kier molecular flexibility index (Phi) is 15.4. The van der Waals surface area contributed by atoms with E-state index in [1.807, 2.05) is 0 Å². The van der Waals surface area contributed by atoms with Crippen molar-refractivity contribution in [2.24, 2.45) is 0 Å². The Morgan fingerprint density at radius 2 is 1.34 bits per heavy atom. The zero-order valence-corrected chi connectivity index (χ0v) is 26.1. The fourth-order valence-corrected chi connectivity index (χ4v) is 5.09. The number of carboxylic acid groups (broad SMARTS) is 3. The standard InChI is InChI=1S/C28H39NO2.C6H8O7/c1-4-5-6-7-10-23(2)28(24-11-15-26(30-3)16-12-24)25-13-17-27(18-14-25)31-22-21-29-19-8-9-20-29;7-3(8)1-6(13,5(11)12)2-4(9)10/h11-18H,4-10,19-22H2,1-3H3;13H,1-2H2,(H,7,8)(H,9,10)(H,11,12)/b28-23+;. The van der Waals surface area contributed by atoms with Crippen LogP contribution in [0, 0.1) is 0 Å². The minimum atomic E-state index is -2.74. The normalized spacial score (nSPS) is 13.8. The van der Waals surface area contributed by atoms with Gasteiger partial charge in [-0.25, -0.2) is 4.79 Å². The maximum absolute atomic E-state index is 10.3. The Balaban J connectivity index is 0.000000439. The molecule has 1 aliphatic rings. The fourth-order valence-electron chi connectivity index (χ4n) is 5.09. The number of hydrogen-bond acceptors (Lipinski definition) is 7. The molecule has 0 aliphatic carbocycles. The molecule has 1 fully saturated rings. The lowest BCUT2D eigenvalue weighted by Crippen LogP contribution is -2.42. The van der Waals surface area contributed by atoms with Crippen molar-refractivity contribution in [3.63, 3.8) is 0 Å². The average molecular weight is 614 g/mol. The molecule has 0 unspecified atom stereocenters. The number of aliphatic carboxylic acids is 3. The van der Waals surface area contributed by atoms with Gasteiger partial charge in [-0.2, -0.15) is 0 Å². The summed E-state index contributed by atoms with van der Waals surface area (Å²) in [6.45, 7) is 8.77. The minimum Gasteiger partial charge on any atom is -0.497 e. The highest BCUT2D eigenvalue weighted by Gasteiger charge is 2.40. The first-order chi connectivity index (χ1) is 21.0. The summed E-state index contributed by atoms with van der Waals surface area (Å²) < 4.78 is 11.4. The smallest absolute Gasteiger partial charge is 0.336 e. The second-order valence-electron chi connectivity index (χ2n) is 11.1. The van der Waals surface area contributed by atoms with Crippen molar-refractivity contribution in [3.8, 4) is 11.5 Å². The molecule has 1 heterocycles. The predicted molar refractivity (Wildman–Crippen MR) is 168 cm³/mol. The number of aliphatic hydroxyl groups is 1. The fraction of sp³-hybridized carbons (Fsp3) is 0.500. The third-order valence-electron chi connectivity index (χ3n) is 7.51. The third kappa shape index (κ3) is 12.4. The molecular weight excluding hydrogens is 566 g/mol. The number of unbranched alkanes of at least 4 members (excludes halogenated alkanes) is 3. The Morgan fingerprint density at radius 1 is 0.818 bits per heavy atom. The van der Waals surface area contributed by atoms with Crippen LogP contribution >= 0.6 is 0 Å². The molecule has 0 aromatic heterocycles. The summed E-state index contributed by atoms with van der Waals surface area (Å²) in [4.78, 5) is 33.0. The largest absolute Gasteiger partial charge is 0.497 e. The van der Waals surface area contributed by atoms with Gasteiger partial charge in [0.2, 0.25) is 0 Å². The molecule has 2 aromatic rings. The van der Waals surface area contributed by atoms with Crippen molar-refractivity contribution in [3.05, 3.63) is 65.2 Å². The van der Waals surface area contributed by atoms with Gasteiger partial charge in [0.05, 0.1) is 20.0 Å². The van der Waals surface area contributed by atoms with Crippen molar-refractivity contribution >= 4 is 23.5 Å². The number of carboxylic acids is 3. The summed E-state index contributed by atoms with van der Waals surface area (Å²) in [6, 6.07) is 17.1. The van der Waals surface area contributed by atoms with E-state index in [1.54, 1.807) is 7.11 Å². The van der Waals surface area contributed by atoms with Crippen molar-refractivity contribution in [2.45, 2.75) is 77.2 Å². The van der Waals surface area contributed by atoms with Crippen LogP contribution in [0.4, 0.5) is 0 Å². The van der Waals surface area contributed by atoms with Gasteiger partial charge in [-0.15, -0.1) is 0 Å². The van der Waals surface area contributed by atoms with Crippen LogP contribution in [0.1, 0.15) is 82.8 Å². The monoisotopic (exact) mass is 613 g/mol. The average Bonchev–Trinajstić information content (AvgIpc) is 3.50. The molecule has 3 rings (SSSR count). The van der Waals surface area contributed by atoms with E-state index in [0.29, 0.717) is 0 Å². The van der Waals surface area contributed by atoms with E-state index in [-0.39, 0.29) is 0 Å². The summed E-state index contributed by atoms with van der Waals surface area (Å²) in [5, 5.41) is 33.8. The first-order valence-corrected chi connectivity index (χ1v) is 15.2. The zero-order chi connectivity index (χ0) is 32.5. The highest BCUT2D eigenvalue weighted by Crippen LogP contribution is 2.31. The van der Waals surface area contributed by atoms with Crippen LogP contribution in [0.5, 0.6) is 11.5 Å². The molecule has 44 heavy (non-hydrogen) atoms. The number of likely N-dealkylation sites (tertiary alicyclic amines) is 1. The van der Waals surface area contributed by atoms with Crippen LogP contribution in [0.2, 0.25) is 0 Å². The van der Waals surface area contributed by atoms with Crippen molar-refractivity contribution in [1.82, 2.24) is 4.90 Å². The predicted octanol–water partition coefficient (Wildman–Crippen LogP) is 5.71. The maximum atomic E-state index is 10.3. The lowest BCUT2D eigenvalue weighted by molar-refractivity contribution is -0.170. The molecule has 10 heteroatoms. The molecule has 0 saturated carbocycles. The Bertz CT molecular complexity index is 1200. The molecule has 0 bridgehead atoms. The lowest BCUT2D eigenvalue weighted by atomic mass is 9.91. The van der Waals surface area contributed by atoms with Gasteiger partial charge in [-0.1, -0.05) is 56.0 Å². The number of allylic oxidation sites excluding steroid dienone is 1. The first kappa shape index (κ1) is 36.3. The molecule has 10 nitrogen and oxygen atoms in total. The van der Waals surface area contributed by atoms with E-state index in [0.717, 1.165) is 31.1 Å². The Hall–Kier alpha value is -3.89. The maximum Gasteiger partial charge on any atom is 0.336 e. The number of methoxy groups -OCH3 is 1. The van der Waals surface area contributed by atoms with E-state index in [2.05, 4.69) is 67.3 Å². The summed E-state index contributed by atoms with van der Waals surface area (Å²) in [5.41, 5.74) is 2.55. The van der Waals surface area contributed by atoms with Crippen LogP contribution in [0.25, 0.3) is 5.57 Å². The SMILES string of the molecule is CCCCCC/C(C)=C(\c1ccc(OC)cc1)c1ccc(OCCN2CCCC2)cc1.O=C(O)CC(O)(CC(=O)O)C(=O)O. The van der Waals surface area contributed by atoms with Gasteiger partial charge in [0.1, 0.15) is 18.1 Å². The van der Waals surface area contributed by atoms with E-state index in [1.165, 1.54) is 73.9 Å². The van der Waals surface area contributed by atoms with Gasteiger partial charge in [0, 0.05) is 6.54 Å². The van der Waals surface area contributed by atoms with Crippen LogP contribution in [-0.2, 0) is 14.4 Å². The van der Waals surface area contributed by atoms with Gasteiger partial charge in [0.25, 0.3) is 0 Å². The molecule has 1 saturated heterocycles. The Labute approximate surface area is 259 Å². The van der Waals surface area contributed by atoms with Crippen molar-refractivity contribution < 1.29 is 44.3 Å². The number of ether oxygens (including phenoxy) is 2. The topological polar surface area (TPSA) is 154 Å². The van der Waals surface area contributed by atoms with E-state index < -0.39 is 36.4 Å². The molecule has 1 aliphatic heterocycles. The number of carbonyl (C=O) groups is 3. The second-order valence-corrected chi connectivity index (χ2v) is 11.1. The molecule has 0 spiro atoms. The van der Waals surface area contributed by atoms with E-state index in [4.69, 9.17) is 29.9 Å². The molecule has 2 aromatic carbocycles. The van der Waals surface area contributed by atoms with Crippen LogP contribution < -0.4 is 9.47 Å². The van der Waals surface area contributed by atoms with Gasteiger partial charge in [0.15, 0.2) is 5.60 Å². The molecule has 0 radical (unpaired) electrons. The Morgan fingerprint density at radius 3 is 1.80 bits per heavy atom.